The molecular weight excluding hydrogens is 234 g/mol. The molecule has 19 heavy (non-hydrogen) atoms. The van der Waals surface area contributed by atoms with Gasteiger partial charge in [-0.25, -0.2) is 0 Å². The van der Waals surface area contributed by atoms with Crippen molar-refractivity contribution in [1.82, 2.24) is 5.32 Å². The highest BCUT2D eigenvalue weighted by Gasteiger charge is 2.34. The molecule has 1 saturated carbocycles. The van der Waals surface area contributed by atoms with Gasteiger partial charge in [0.15, 0.2) is 0 Å². The molecule has 1 aromatic carbocycles. The fraction of sp³-hybridized carbons (Fsp3) is 0.647. The van der Waals surface area contributed by atoms with Crippen molar-refractivity contribution in [3.8, 4) is 5.75 Å². The first kappa shape index (κ1) is 14.4. The van der Waals surface area contributed by atoms with Crippen LogP contribution in [-0.2, 0) is 0 Å². The highest BCUT2D eigenvalue weighted by Crippen LogP contribution is 2.33. The molecule has 1 N–H and O–H groups in total. The molecule has 0 aliphatic heterocycles. The van der Waals surface area contributed by atoms with Gasteiger partial charge < -0.3 is 10.1 Å². The number of benzene rings is 1. The lowest BCUT2D eigenvalue weighted by Crippen LogP contribution is -2.49. The van der Waals surface area contributed by atoms with Gasteiger partial charge in [-0.3, -0.25) is 0 Å². The molecule has 0 saturated heterocycles. The third-order valence-corrected chi connectivity index (χ3v) is 4.37. The Morgan fingerprint density at radius 1 is 1.16 bits per heavy atom. The third-order valence-electron chi connectivity index (χ3n) is 4.37. The van der Waals surface area contributed by atoms with Crippen molar-refractivity contribution in [2.24, 2.45) is 11.8 Å². The quantitative estimate of drug-likeness (QED) is 0.895. The van der Waals surface area contributed by atoms with Gasteiger partial charge >= 0.3 is 0 Å². The second-order valence-corrected chi connectivity index (χ2v) is 6.30. The second kappa shape index (κ2) is 5.96. The van der Waals surface area contributed by atoms with Crippen LogP contribution >= 0.6 is 0 Å². The zero-order valence-corrected chi connectivity index (χ0v) is 12.9. The van der Waals surface area contributed by atoms with E-state index in [0.29, 0.717) is 12.0 Å². The summed E-state index contributed by atoms with van der Waals surface area (Å²) < 4.78 is 6.37. The van der Waals surface area contributed by atoms with Crippen LogP contribution in [0.2, 0.25) is 0 Å². The van der Waals surface area contributed by atoms with Crippen molar-refractivity contribution in [2.45, 2.75) is 52.7 Å². The predicted molar refractivity (Wildman–Crippen MR) is 80.7 cm³/mol. The maximum Gasteiger partial charge on any atom is 0.122 e. The molecule has 0 heterocycles. The van der Waals surface area contributed by atoms with Crippen LogP contribution in [0.4, 0.5) is 0 Å². The fourth-order valence-corrected chi connectivity index (χ4v) is 3.29. The van der Waals surface area contributed by atoms with Gasteiger partial charge in [0, 0.05) is 6.04 Å². The predicted octanol–water partition coefficient (Wildman–Crippen LogP) is 3.70. The summed E-state index contributed by atoms with van der Waals surface area (Å²) in [7, 11) is 2.05. The van der Waals surface area contributed by atoms with Gasteiger partial charge in [-0.2, -0.15) is 0 Å². The summed E-state index contributed by atoms with van der Waals surface area (Å²) in [5.74, 6) is 2.43. The van der Waals surface area contributed by atoms with Crippen LogP contribution in [0.15, 0.2) is 18.2 Å². The minimum absolute atomic E-state index is 0.279. The second-order valence-electron chi connectivity index (χ2n) is 6.30. The number of rotatable bonds is 3. The molecule has 2 nitrogen and oxygen atoms in total. The smallest absolute Gasteiger partial charge is 0.122 e. The van der Waals surface area contributed by atoms with Crippen molar-refractivity contribution in [1.29, 1.82) is 0 Å². The summed E-state index contributed by atoms with van der Waals surface area (Å²) in [6.07, 6.45) is 2.74. The molecule has 0 amide bonds. The highest BCUT2D eigenvalue weighted by molar-refractivity contribution is 5.36. The summed E-state index contributed by atoms with van der Waals surface area (Å²) >= 11 is 0. The summed E-state index contributed by atoms with van der Waals surface area (Å²) in [5.41, 5.74) is 2.49. The molecule has 106 valence electrons. The Hall–Kier alpha value is -1.02. The van der Waals surface area contributed by atoms with Crippen LogP contribution in [0.1, 0.15) is 37.8 Å². The molecule has 0 radical (unpaired) electrons. The number of aryl methyl sites for hydroxylation is 2. The number of hydrogen-bond donors (Lipinski definition) is 1. The highest BCUT2D eigenvalue weighted by atomic mass is 16.5. The van der Waals surface area contributed by atoms with Crippen molar-refractivity contribution in [3.63, 3.8) is 0 Å². The van der Waals surface area contributed by atoms with Crippen LogP contribution in [0, 0.1) is 25.7 Å². The number of likely N-dealkylation sites (N-methyl/N-ethyl adjacent to an activating group) is 1. The molecule has 0 spiro atoms. The summed E-state index contributed by atoms with van der Waals surface area (Å²) in [5, 5.41) is 3.44. The van der Waals surface area contributed by atoms with Gasteiger partial charge in [-0.15, -0.1) is 0 Å². The van der Waals surface area contributed by atoms with E-state index in [1.165, 1.54) is 24.0 Å². The monoisotopic (exact) mass is 261 g/mol. The van der Waals surface area contributed by atoms with E-state index >= 15 is 0 Å². The standard InChI is InChI=1S/C17H27NO/c1-11-6-7-13(3)16(10-11)19-17-14(4)8-12(2)9-15(17)18-5/h6-7,10,12,14-15,17-18H,8-9H2,1-5H3. The first-order chi connectivity index (χ1) is 9.01. The van der Waals surface area contributed by atoms with E-state index in [4.69, 9.17) is 4.74 Å². The fourth-order valence-electron chi connectivity index (χ4n) is 3.29. The van der Waals surface area contributed by atoms with E-state index in [-0.39, 0.29) is 6.10 Å². The number of hydrogen-bond acceptors (Lipinski definition) is 2. The van der Waals surface area contributed by atoms with Gasteiger partial charge in [-0.05, 0) is 62.8 Å². The maximum absolute atomic E-state index is 6.37. The largest absolute Gasteiger partial charge is 0.488 e. The van der Waals surface area contributed by atoms with Gasteiger partial charge in [-0.1, -0.05) is 26.0 Å². The normalized spacial score (nSPS) is 31.2. The molecule has 1 aliphatic rings. The van der Waals surface area contributed by atoms with E-state index in [9.17, 15) is 0 Å². The first-order valence-electron chi connectivity index (χ1n) is 7.42. The number of nitrogens with one attached hydrogen (secondary N) is 1. The summed E-state index contributed by atoms with van der Waals surface area (Å²) in [4.78, 5) is 0. The molecule has 0 bridgehead atoms. The molecule has 1 aromatic rings. The Labute approximate surface area is 117 Å². The van der Waals surface area contributed by atoms with Gasteiger partial charge in [0.25, 0.3) is 0 Å². The van der Waals surface area contributed by atoms with Crippen molar-refractivity contribution in [2.75, 3.05) is 7.05 Å². The van der Waals surface area contributed by atoms with Crippen LogP contribution in [-0.4, -0.2) is 19.2 Å². The Kier molecular flexibility index (Phi) is 4.51. The average Bonchev–Trinajstić information content (AvgIpc) is 2.36. The lowest BCUT2D eigenvalue weighted by molar-refractivity contribution is 0.0501. The van der Waals surface area contributed by atoms with Crippen LogP contribution < -0.4 is 10.1 Å². The van der Waals surface area contributed by atoms with E-state index in [2.05, 4.69) is 58.3 Å². The average molecular weight is 261 g/mol. The third kappa shape index (κ3) is 3.30. The lowest BCUT2D eigenvalue weighted by Gasteiger charge is -2.39. The van der Waals surface area contributed by atoms with Crippen molar-refractivity contribution < 1.29 is 4.74 Å². The maximum atomic E-state index is 6.37. The molecule has 1 fully saturated rings. The lowest BCUT2D eigenvalue weighted by atomic mass is 9.78. The zero-order chi connectivity index (χ0) is 14.0. The molecule has 0 aromatic heterocycles. The molecule has 4 atom stereocenters. The van der Waals surface area contributed by atoms with Gasteiger partial charge in [0.1, 0.15) is 11.9 Å². The van der Waals surface area contributed by atoms with Crippen LogP contribution in [0.25, 0.3) is 0 Å². The van der Waals surface area contributed by atoms with E-state index in [0.717, 1.165) is 11.7 Å². The Morgan fingerprint density at radius 2 is 1.89 bits per heavy atom. The van der Waals surface area contributed by atoms with Gasteiger partial charge in [0.2, 0.25) is 0 Å². The summed E-state index contributed by atoms with van der Waals surface area (Å²) in [6, 6.07) is 6.91. The molecule has 2 rings (SSSR count). The van der Waals surface area contributed by atoms with Crippen molar-refractivity contribution >= 4 is 0 Å². The molecule has 1 aliphatic carbocycles. The minimum atomic E-state index is 0.279. The summed E-state index contributed by atoms with van der Waals surface area (Å²) in [6.45, 7) is 8.90. The Bertz CT molecular complexity index is 429. The van der Waals surface area contributed by atoms with E-state index < -0.39 is 0 Å². The first-order valence-corrected chi connectivity index (χ1v) is 7.42. The molecular formula is C17H27NO. The Morgan fingerprint density at radius 3 is 2.58 bits per heavy atom. The van der Waals surface area contributed by atoms with E-state index in [1.54, 1.807) is 0 Å². The van der Waals surface area contributed by atoms with Gasteiger partial charge in [0.05, 0.1) is 0 Å². The molecule has 4 unspecified atom stereocenters. The zero-order valence-electron chi connectivity index (χ0n) is 12.9. The minimum Gasteiger partial charge on any atom is -0.488 e. The topological polar surface area (TPSA) is 21.3 Å². The van der Waals surface area contributed by atoms with E-state index in [1.807, 2.05) is 0 Å². The van der Waals surface area contributed by atoms with Crippen molar-refractivity contribution in [3.05, 3.63) is 29.3 Å². The SMILES string of the molecule is CNC1CC(C)CC(C)C1Oc1cc(C)ccc1C. The molecule has 2 heteroatoms. The van der Waals surface area contributed by atoms with Crippen LogP contribution in [0.5, 0.6) is 5.75 Å². The number of ether oxygens (including phenoxy) is 1. The van der Waals surface area contributed by atoms with Crippen LogP contribution in [0.3, 0.4) is 0 Å². The Balaban J connectivity index is 2.17.